The standard InChI is InChI=1S/C15H17N5OS2/c1-3-8-16-14-18-19-15(23-14)22-9-12-17-11-7-5-4-6-10(11)13(21)20(12)2/h4-7H,3,8-9H2,1-2H3,(H,16,18). The molecule has 0 bridgehead atoms. The van der Waals surface area contributed by atoms with E-state index in [1.54, 1.807) is 29.4 Å². The number of aromatic nitrogens is 4. The van der Waals surface area contributed by atoms with Gasteiger partial charge in [0.05, 0.1) is 16.7 Å². The second-order valence-corrected chi connectivity index (χ2v) is 7.20. The van der Waals surface area contributed by atoms with E-state index in [1.165, 1.54) is 11.3 Å². The average molecular weight is 347 g/mol. The van der Waals surface area contributed by atoms with Gasteiger partial charge >= 0.3 is 0 Å². The van der Waals surface area contributed by atoms with Crippen molar-refractivity contribution in [3.05, 3.63) is 40.4 Å². The molecule has 2 heterocycles. The molecule has 1 N–H and O–H groups in total. The molecule has 1 aromatic carbocycles. The molecule has 0 saturated carbocycles. The Kier molecular flexibility index (Phi) is 4.92. The third kappa shape index (κ3) is 3.53. The fourth-order valence-electron chi connectivity index (χ4n) is 2.09. The molecule has 2 aromatic heterocycles. The molecule has 3 rings (SSSR count). The van der Waals surface area contributed by atoms with E-state index in [1.807, 2.05) is 18.2 Å². The molecule has 0 unspecified atom stereocenters. The van der Waals surface area contributed by atoms with Crippen LogP contribution in [0.25, 0.3) is 10.9 Å². The fourth-order valence-corrected chi connectivity index (χ4v) is 3.85. The summed E-state index contributed by atoms with van der Waals surface area (Å²) in [5, 5.41) is 12.9. The van der Waals surface area contributed by atoms with E-state index >= 15 is 0 Å². The van der Waals surface area contributed by atoms with Crippen LogP contribution in [0, 0.1) is 0 Å². The number of hydrogen-bond acceptors (Lipinski definition) is 7. The second-order valence-electron chi connectivity index (χ2n) is 5.00. The zero-order valence-corrected chi connectivity index (χ0v) is 14.6. The van der Waals surface area contributed by atoms with E-state index in [2.05, 4.69) is 27.4 Å². The van der Waals surface area contributed by atoms with Crippen LogP contribution in [-0.4, -0.2) is 26.3 Å². The lowest BCUT2D eigenvalue weighted by Crippen LogP contribution is -2.21. The Morgan fingerprint density at radius 3 is 2.96 bits per heavy atom. The van der Waals surface area contributed by atoms with Gasteiger partial charge < -0.3 is 5.32 Å². The number of anilines is 1. The minimum Gasteiger partial charge on any atom is -0.360 e. The number of hydrogen-bond donors (Lipinski definition) is 1. The molecule has 0 atom stereocenters. The molecule has 120 valence electrons. The number of thioether (sulfide) groups is 1. The van der Waals surface area contributed by atoms with Crippen LogP contribution in [0.3, 0.4) is 0 Å². The van der Waals surface area contributed by atoms with E-state index in [-0.39, 0.29) is 5.56 Å². The highest BCUT2D eigenvalue weighted by molar-refractivity contribution is 8.00. The van der Waals surface area contributed by atoms with Crippen molar-refractivity contribution in [2.24, 2.45) is 7.05 Å². The maximum Gasteiger partial charge on any atom is 0.261 e. The fraction of sp³-hybridized carbons (Fsp3) is 0.333. The van der Waals surface area contributed by atoms with Crippen LogP contribution in [0.5, 0.6) is 0 Å². The summed E-state index contributed by atoms with van der Waals surface area (Å²) in [5.41, 5.74) is 0.711. The molecule has 23 heavy (non-hydrogen) atoms. The van der Waals surface area contributed by atoms with Crippen LogP contribution < -0.4 is 10.9 Å². The summed E-state index contributed by atoms with van der Waals surface area (Å²) < 4.78 is 2.47. The topological polar surface area (TPSA) is 72.7 Å². The summed E-state index contributed by atoms with van der Waals surface area (Å²) in [6.07, 6.45) is 1.05. The van der Waals surface area contributed by atoms with E-state index in [4.69, 9.17) is 0 Å². The molecule has 8 heteroatoms. The zero-order chi connectivity index (χ0) is 16.2. The lowest BCUT2D eigenvalue weighted by atomic mass is 10.2. The van der Waals surface area contributed by atoms with Crippen LogP contribution in [0.15, 0.2) is 33.4 Å². The van der Waals surface area contributed by atoms with E-state index in [0.717, 1.165) is 33.8 Å². The summed E-state index contributed by atoms with van der Waals surface area (Å²) in [5.74, 6) is 1.32. The van der Waals surface area contributed by atoms with Crippen molar-refractivity contribution >= 4 is 39.1 Å². The van der Waals surface area contributed by atoms with Gasteiger partial charge in [0.25, 0.3) is 5.56 Å². The Morgan fingerprint density at radius 1 is 1.30 bits per heavy atom. The van der Waals surface area contributed by atoms with Gasteiger partial charge in [-0.15, -0.1) is 10.2 Å². The van der Waals surface area contributed by atoms with Crippen molar-refractivity contribution in [1.29, 1.82) is 0 Å². The lowest BCUT2D eigenvalue weighted by Gasteiger charge is -2.07. The molecule has 0 aliphatic carbocycles. The van der Waals surface area contributed by atoms with Crippen molar-refractivity contribution in [3.8, 4) is 0 Å². The first-order valence-corrected chi connectivity index (χ1v) is 9.14. The Hall–Kier alpha value is -1.93. The van der Waals surface area contributed by atoms with Gasteiger partial charge in [-0.05, 0) is 18.6 Å². The van der Waals surface area contributed by atoms with Gasteiger partial charge in [-0.25, -0.2) is 4.98 Å². The van der Waals surface area contributed by atoms with Crippen LogP contribution >= 0.6 is 23.1 Å². The van der Waals surface area contributed by atoms with Gasteiger partial charge in [0.1, 0.15) is 5.82 Å². The zero-order valence-electron chi connectivity index (χ0n) is 12.9. The molecule has 3 aromatic rings. The van der Waals surface area contributed by atoms with Gasteiger partial charge in [-0.3, -0.25) is 9.36 Å². The minimum absolute atomic E-state index is 0.0197. The van der Waals surface area contributed by atoms with Crippen LogP contribution in [0.1, 0.15) is 19.2 Å². The molecular formula is C15H17N5OS2. The summed E-state index contributed by atoms with van der Waals surface area (Å²) in [6, 6.07) is 7.41. The molecule has 0 aliphatic heterocycles. The maximum absolute atomic E-state index is 12.4. The summed E-state index contributed by atoms with van der Waals surface area (Å²) in [4.78, 5) is 17.0. The maximum atomic E-state index is 12.4. The monoisotopic (exact) mass is 347 g/mol. The number of benzene rings is 1. The van der Waals surface area contributed by atoms with Crippen molar-refractivity contribution in [3.63, 3.8) is 0 Å². The third-order valence-electron chi connectivity index (χ3n) is 3.33. The Balaban J connectivity index is 1.78. The number of rotatable bonds is 6. The number of nitrogens with zero attached hydrogens (tertiary/aromatic N) is 4. The van der Waals surface area contributed by atoms with Gasteiger partial charge in [-0.2, -0.15) is 0 Å². The molecule has 0 radical (unpaired) electrons. The SMILES string of the molecule is CCCNc1nnc(SCc2nc3ccccc3c(=O)n2C)s1. The lowest BCUT2D eigenvalue weighted by molar-refractivity contribution is 0.785. The predicted octanol–water partition coefficient (Wildman–Crippen LogP) is 2.90. The van der Waals surface area contributed by atoms with Gasteiger partial charge in [0.2, 0.25) is 5.13 Å². The van der Waals surface area contributed by atoms with Gasteiger partial charge in [0.15, 0.2) is 4.34 Å². The molecule has 0 aliphatic rings. The van der Waals surface area contributed by atoms with Gasteiger partial charge in [-0.1, -0.05) is 42.2 Å². The highest BCUT2D eigenvalue weighted by Gasteiger charge is 2.10. The Morgan fingerprint density at radius 2 is 2.13 bits per heavy atom. The van der Waals surface area contributed by atoms with Crippen LogP contribution in [0.2, 0.25) is 0 Å². The number of fused-ring (bicyclic) bond motifs is 1. The average Bonchev–Trinajstić information content (AvgIpc) is 3.03. The van der Waals surface area contributed by atoms with E-state index in [0.29, 0.717) is 11.1 Å². The predicted molar refractivity (Wildman–Crippen MR) is 95.2 cm³/mol. The smallest absolute Gasteiger partial charge is 0.261 e. The molecule has 0 saturated heterocycles. The largest absolute Gasteiger partial charge is 0.360 e. The van der Waals surface area contributed by atoms with Crippen molar-refractivity contribution in [2.75, 3.05) is 11.9 Å². The first-order chi connectivity index (χ1) is 11.2. The summed E-state index contributed by atoms with van der Waals surface area (Å²) >= 11 is 3.06. The van der Waals surface area contributed by atoms with Crippen molar-refractivity contribution < 1.29 is 0 Å². The number of para-hydroxylation sites is 1. The quantitative estimate of drug-likeness (QED) is 0.691. The molecular weight excluding hydrogens is 330 g/mol. The van der Waals surface area contributed by atoms with E-state index < -0.39 is 0 Å². The molecule has 0 spiro atoms. The van der Waals surface area contributed by atoms with Gasteiger partial charge in [0, 0.05) is 13.6 Å². The van der Waals surface area contributed by atoms with Crippen molar-refractivity contribution in [2.45, 2.75) is 23.4 Å². The van der Waals surface area contributed by atoms with Crippen LogP contribution in [0.4, 0.5) is 5.13 Å². The third-order valence-corrected chi connectivity index (χ3v) is 5.34. The van der Waals surface area contributed by atoms with Crippen LogP contribution in [-0.2, 0) is 12.8 Å². The first kappa shape index (κ1) is 15.9. The second kappa shape index (κ2) is 7.10. The first-order valence-electron chi connectivity index (χ1n) is 7.34. The summed E-state index contributed by atoms with van der Waals surface area (Å²) in [6.45, 7) is 3.00. The molecule has 0 amide bonds. The van der Waals surface area contributed by atoms with E-state index in [9.17, 15) is 4.79 Å². The summed E-state index contributed by atoms with van der Waals surface area (Å²) in [7, 11) is 1.76. The van der Waals surface area contributed by atoms with Crippen molar-refractivity contribution in [1.82, 2.24) is 19.7 Å². The molecule has 6 nitrogen and oxygen atoms in total. The normalized spacial score (nSPS) is 11.0. The highest BCUT2D eigenvalue weighted by Crippen LogP contribution is 2.27. The Labute approximate surface area is 142 Å². The minimum atomic E-state index is -0.0197. The Bertz CT molecular complexity index is 874. The molecule has 0 fully saturated rings. The number of nitrogens with one attached hydrogen (secondary N) is 1. The highest BCUT2D eigenvalue weighted by atomic mass is 32.2.